The van der Waals surface area contributed by atoms with E-state index in [9.17, 15) is 0 Å². The smallest absolute Gasteiger partial charge is 0.158 e. The van der Waals surface area contributed by atoms with Crippen molar-refractivity contribution >= 4 is 27.4 Å². The molecule has 0 unspecified atom stereocenters. The lowest BCUT2D eigenvalue weighted by atomic mass is 10.1. The Morgan fingerprint density at radius 3 is 3.00 bits per heavy atom. The third-order valence-corrected chi connectivity index (χ3v) is 3.62. The molecule has 0 aliphatic heterocycles. The van der Waals surface area contributed by atoms with E-state index in [1.165, 1.54) is 6.42 Å². The lowest BCUT2D eigenvalue weighted by molar-refractivity contribution is 0.110. The molecule has 0 fully saturated rings. The lowest BCUT2D eigenvalue weighted by Gasteiger charge is -2.07. The fourth-order valence-electron chi connectivity index (χ4n) is 1.83. The summed E-state index contributed by atoms with van der Waals surface area (Å²) in [5.74, 6) is 7.53. The van der Waals surface area contributed by atoms with E-state index in [-0.39, 0.29) is 0 Å². The molecule has 0 saturated heterocycles. The first-order chi connectivity index (χ1) is 9.20. The highest BCUT2D eigenvalue weighted by atomic mass is 32.1. The predicted molar refractivity (Wildman–Crippen MR) is 79.0 cm³/mol. The molecule has 0 aromatic carbocycles. The van der Waals surface area contributed by atoms with E-state index in [0.717, 1.165) is 29.2 Å². The molecule has 104 valence electrons. The number of aromatic nitrogens is 2. The molecule has 0 amide bonds. The van der Waals surface area contributed by atoms with Gasteiger partial charge in [-0.3, -0.25) is 0 Å². The van der Waals surface area contributed by atoms with Gasteiger partial charge >= 0.3 is 0 Å². The summed E-state index contributed by atoms with van der Waals surface area (Å²) < 4.78 is 5.61. The van der Waals surface area contributed by atoms with Crippen molar-refractivity contribution in [3.8, 4) is 0 Å². The fraction of sp³-hybridized carbons (Fsp3) is 0.538. The van der Waals surface area contributed by atoms with Crippen LogP contribution >= 0.6 is 11.3 Å². The standard InChI is InChI=1S/C13H20N4OS/c1-9(2)4-3-6-18-8-11-15-12(17-14)10-5-7-19-13(10)16-11/h5,7,9H,3-4,6,8,14H2,1-2H3,(H,15,16,17). The summed E-state index contributed by atoms with van der Waals surface area (Å²) >= 11 is 1.58. The van der Waals surface area contributed by atoms with Crippen LogP contribution in [0.2, 0.25) is 0 Å². The zero-order chi connectivity index (χ0) is 13.7. The maximum Gasteiger partial charge on any atom is 0.158 e. The molecule has 6 heteroatoms. The van der Waals surface area contributed by atoms with Gasteiger partial charge in [-0.25, -0.2) is 15.8 Å². The first kappa shape index (κ1) is 14.2. The largest absolute Gasteiger partial charge is 0.373 e. The molecule has 0 atom stereocenters. The van der Waals surface area contributed by atoms with E-state index >= 15 is 0 Å². The Morgan fingerprint density at radius 2 is 2.26 bits per heavy atom. The number of fused-ring (bicyclic) bond motifs is 1. The minimum atomic E-state index is 0.431. The zero-order valence-corrected chi connectivity index (χ0v) is 12.2. The fourth-order valence-corrected chi connectivity index (χ4v) is 2.61. The molecule has 0 aliphatic carbocycles. The maximum atomic E-state index is 5.61. The Labute approximate surface area is 117 Å². The van der Waals surface area contributed by atoms with Crippen LogP contribution in [0.25, 0.3) is 10.2 Å². The van der Waals surface area contributed by atoms with Crippen LogP contribution in [0, 0.1) is 5.92 Å². The summed E-state index contributed by atoms with van der Waals surface area (Å²) in [6.07, 6.45) is 2.25. The normalized spacial score (nSPS) is 11.4. The van der Waals surface area contributed by atoms with Gasteiger partial charge in [-0.05, 0) is 30.2 Å². The molecule has 2 aromatic heterocycles. The van der Waals surface area contributed by atoms with Crippen molar-refractivity contribution in [3.63, 3.8) is 0 Å². The first-order valence-electron chi connectivity index (χ1n) is 6.49. The highest BCUT2D eigenvalue weighted by molar-refractivity contribution is 7.16. The van der Waals surface area contributed by atoms with Gasteiger partial charge in [0.1, 0.15) is 11.4 Å². The van der Waals surface area contributed by atoms with Crippen LogP contribution in [0.4, 0.5) is 5.82 Å². The molecule has 0 spiro atoms. The molecule has 0 saturated carbocycles. The SMILES string of the molecule is CC(C)CCCOCc1nc(NN)c2ccsc2n1. The average molecular weight is 280 g/mol. The van der Waals surface area contributed by atoms with E-state index < -0.39 is 0 Å². The van der Waals surface area contributed by atoms with Crippen LogP contribution in [-0.2, 0) is 11.3 Å². The molecule has 0 aliphatic rings. The molecule has 19 heavy (non-hydrogen) atoms. The molecule has 3 N–H and O–H groups in total. The topological polar surface area (TPSA) is 73.1 Å². The summed E-state index contributed by atoms with van der Waals surface area (Å²) in [5.41, 5.74) is 2.61. The number of thiophene rings is 1. The Balaban J connectivity index is 1.93. The van der Waals surface area contributed by atoms with Gasteiger partial charge in [0.25, 0.3) is 0 Å². The van der Waals surface area contributed by atoms with Gasteiger partial charge in [0.2, 0.25) is 0 Å². The Kier molecular flexibility index (Phi) is 5.07. The highest BCUT2D eigenvalue weighted by Crippen LogP contribution is 2.24. The van der Waals surface area contributed by atoms with Gasteiger partial charge in [-0.2, -0.15) is 0 Å². The van der Waals surface area contributed by atoms with Gasteiger partial charge in [0.05, 0.1) is 5.39 Å². The van der Waals surface area contributed by atoms with Crippen molar-refractivity contribution in [2.24, 2.45) is 11.8 Å². The number of anilines is 1. The zero-order valence-electron chi connectivity index (χ0n) is 11.3. The number of ether oxygens (including phenoxy) is 1. The molecular weight excluding hydrogens is 260 g/mol. The van der Waals surface area contributed by atoms with Crippen molar-refractivity contribution in [1.29, 1.82) is 0 Å². The molecule has 2 rings (SSSR count). The lowest BCUT2D eigenvalue weighted by Crippen LogP contribution is -2.11. The van der Waals surface area contributed by atoms with Gasteiger partial charge in [0.15, 0.2) is 11.6 Å². The number of hydrazine groups is 1. The quantitative estimate of drug-likeness (QED) is 0.463. The van der Waals surface area contributed by atoms with E-state index in [1.807, 2.05) is 11.4 Å². The highest BCUT2D eigenvalue weighted by Gasteiger charge is 2.07. The number of nitrogens with zero attached hydrogens (tertiary/aromatic N) is 2. The van der Waals surface area contributed by atoms with E-state index in [4.69, 9.17) is 10.6 Å². The molecule has 5 nitrogen and oxygen atoms in total. The van der Waals surface area contributed by atoms with E-state index in [0.29, 0.717) is 18.2 Å². The second kappa shape index (κ2) is 6.79. The van der Waals surface area contributed by atoms with Crippen molar-refractivity contribution < 1.29 is 4.74 Å². The van der Waals surface area contributed by atoms with Crippen molar-refractivity contribution in [2.45, 2.75) is 33.3 Å². The van der Waals surface area contributed by atoms with E-state index in [2.05, 4.69) is 29.2 Å². The first-order valence-corrected chi connectivity index (χ1v) is 7.37. The Hall–Kier alpha value is -1.24. The number of hydrogen-bond donors (Lipinski definition) is 2. The van der Waals surface area contributed by atoms with Crippen LogP contribution < -0.4 is 11.3 Å². The summed E-state index contributed by atoms with van der Waals surface area (Å²) in [6, 6.07) is 1.96. The summed E-state index contributed by atoms with van der Waals surface area (Å²) in [7, 11) is 0. The summed E-state index contributed by atoms with van der Waals surface area (Å²) in [4.78, 5) is 9.76. The van der Waals surface area contributed by atoms with Crippen molar-refractivity contribution in [2.75, 3.05) is 12.0 Å². The van der Waals surface area contributed by atoms with Crippen molar-refractivity contribution in [3.05, 3.63) is 17.3 Å². The van der Waals surface area contributed by atoms with Gasteiger partial charge in [-0.15, -0.1) is 11.3 Å². The third-order valence-electron chi connectivity index (χ3n) is 2.81. The van der Waals surface area contributed by atoms with Crippen LogP contribution in [0.1, 0.15) is 32.5 Å². The monoisotopic (exact) mass is 280 g/mol. The van der Waals surface area contributed by atoms with Crippen LogP contribution in [-0.4, -0.2) is 16.6 Å². The van der Waals surface area contributed by atoms with Crippen LogP contribution in [0.15, 0.2) is 11.4 Å². The number of nitrogens with two attached hydrogens (primary N) is 1. The number of rotatable bonds is 7. The number of nitrogen functional groups attached to an aromatic ring is 1. The molecular formula is C13H20N4OS. The summed E-state index contributed by atoms with van der Waals surface area (Å²) in [5, 5.41) is 2.93. The Morgan fingerprint density at radius 1 is 1.42 bits per heavy atom. The number of hydrogen-bond acceptors (Lipinski definition) is 6. The van der Waals surface area contributed by atoms with Crippen LogP contribution in [0.5, 0.6) is 0 Å². The number of nitrogens with one attached hydrogen (secondary N) is 1. The minimum Gasteiger partial charge on any atom is -0.373 e. The maximum absolute atomic E-state index is 5.61. The second-order valence-electron chi connectivity index (χ2n) is 4.86. The van der Waals surface area contributed by atoms with E-state index in [1.54, 1.807) is 11.3 Å². The minimum absolute atomic E-state index is 0.431. The molecule has 2 heterocycles. The average Bonchev–Trinajstić information content (AvgIpc) is 2.85. The van der Waals surface area contributed by atoms with Gasteiger partial charge in [0, 0.05) is 6.61 Å². The van der Waals surface area contributed by atoms with Gasteiger partial charge in [-0.1, -0.05) is 13.8 Å². The predicted octanol–water partition coefficient (Wildman–Crippen LogP) is 2.93. The molecule has 0 radical (unpaired) electrons. The molecule has 0 bridgehead atoms. The third kappa shape index (κ3) is 3.86. The molecule has 2 aromatic rings. The second-order valence-corrected chi connectivity index (χ2v) is 5.76. The summed E-state index contributed by atoms with van der Waals surface area (Å²) in [6.45, 7) is 5.61. The van der Waals surface area contributed by atoms with Gasteiger partial charge < -0.3 is 10.2 Å². The Bertz CT molecular complexity index is 526. The van der Waals surface area contributed by atoms with Crippen molar-refractivity contribution in [1.82, 2.24) is 9.97 Å². The van der Waals surface area contributed by atoms with Crippen LogP contribution in [0.3, 0.4) is 0 Å².